The SMILES string of the molecule is C=C(c1cn(C)nc1-c1ccc(F)cc1[C@@H](C)O)c1cn(CC)c2ncccc12. The van der Waals surface area contributed by atoms with Gasteiger partial charge in [-0.05, 0) is 55.3 Å². The number of benzene rings is 1. The molecule has 1 atom stereocenters. The number of nitrogens with zero attached hydrogens (tertiary/aromatic N) is 4. The molecule has 0 saturated carbocycles. The lowest BCUT2D eigenvalue weighted by molar-refractivity contribution is 0.199. The fourth-order valence-electron chi connectivity index (χ4n) is 3.75. The lowest BCUT2D eigenvalue weighted by Gasteiger charge is -2.13. The summed E-state index contributed by atoms with van der Waals surface area (Å²) in [6.07, 6.45) is 4.91. The van der Waals surface area contributed by atoms with Gasteiger partial charge in [0.25, 0.3) is 0 Å². The van der Waals surface area contributed by atoms with Crippen LogP contribution in [-0.4, -0.2) is 24.4 Å². The number of halogens is 1. The summed E-state index contributed by atoms with van der Waals surface area (Å²) in [4.78, 5) is 4.51. The molecule has 4 rings (SSSR count). The Morgan fingerprint density at radius 1 is 1.24 bits per heavy atom. The van der Waals surface area contributed by atoms with Crippen molar-refractivity contribution in [2.45, 2.75) is 26.5 Å². The highest BCUT2D eigenvalue weighted by Crippen LogP contribution is 2.37. The van der Waals surface area contributed by atoms with Gasteiger partial charge in [0.1, 0.15) is 17.2 Å². The van der Waals surface area contributed by atoms with Crippen LogP contribution < -0.4 is 0 Å². The van der Waals surface area contributed by atoms with E-state index in [9.17, 15) is 9.50 Å². The average molecular weight is 390 g/mol. The quantitative estimate of drug-likeness (QED) is 0.537. The van der Waals surface area contributed by atoms with Crippen LogP contribution >= 0.6 is 0 Å². The number of fused-ring (bicyclic) bond motifs is 1. The third kappa shape index (κ3) is 3.25. The van der Waals surface area contributed by atoms with Crippen molar-refractivity contribution in [3.8, 4) is 11.3 Å². The number of aryl methyl sites for hydroxylation is 2. The molecule has 29 heavy (non-hydrogen) atoms. The topological polar surface area (TPSA) is 55.9 Å². The lowest BCUT2D eigenvalue weighted by atomic mass is 9.93. The summed E-state index contributed by atoms with van der Waals surface area (Å²) < 4.78 is 17.6. The molecule has 0 saturated heterocycles. The maximum absolute atomic E-state index is 13.8. The van der Waals surface area contributed by atoms with E-state index in [1.54, 1.807) is 23.9 Å². The van der Waals surface area contributed by atoms with Crippen LogP contribution in [0.4, 0.5) is 4.39 Å². The summed E-state index contributed by atoms with van der Waals surface area (Å²) in [5.74, 6) is -0.391. The number of pyridine rings is 1. The first-order valence-corrected chi connectivity index (χ1v) is 9.55. The molecule has 3 heterocycles. The second-order valence-corrected chi connectivity index (χ2v) is 7.15. The van der Waals surface area contributed by atoms with Crippen molar-refractivity contribution in [3.05, 3.63) is 78.0 Å². The zero-order valence-corrected chi connectivity index (χ0v) is 16.7. The van der Waals surface area contributed by atoms with Crippen molar-refractivity contribution >= 4 is 16.6 Å². The molecule has 1 aromatic carbocycles. The van der Waals surface area contributed by atoms with Gasteiger partial charge < -0.3 is 9.67 Å². The van der Waals surface area contributed by atoms with E-state index in [1.165, 1.54) is 12.1 Å². The second kappa shape index (κ2) is 7.29. The smallest absolute Gasteiger partial charge is 0.140 e. The number of aliphatic hydroxyl groups is 1. The first kappa shape index (κ1) is 19.1. The van der Waals surface area contributed by atoms with E-state index >= 15 is 0 Å². The molecule has 0 bridgehead atoms. The summed E-state index contributed by atoms with van der Waals surface area (Å²) in [7, 11) is 1.84. The zero-order chi connectivity index (χ0) is 20.7. The van der Waals surface area contributed by atoms with E-state index in [2.05, 4.69) is 34.3 Å². The minimum atomic E-state index is -0.824. The highest BCUT2D eigenvalue weighted by atomic mass is 19.1. The Bertz CT molecular complexity index is 1220. The number of hydrogen-bond acceptors (Lipinski definition) is 3. The fourth-order valence-corrected chi connectivity index (χ4v) is 3.75. The molecule has 5 nitrogen and oxygen atoms in total. The highest BCUT2D eigenvalue weighted by Gasteiger charge is 2.21. The average Bonchev–Trinajstić information content (AvgIpc) is 3.28. The molecule has 0 unspecified atom stereocenters. The van der Waals surface area contributed by atoms with Crippen molar-refractivity contribution in [1.82, 2.24) is 19.3 Å². The van der Waals surface area contributed by atoms with Crippen LogP contribution in [0.1, 0.15) is 36.6 Å². The van der Waals surface area contributed by atoms with Gasteiger partial charge >= 0.3 is 0 Å². The van der Waals surface area contributed by atoms with Crippen molar-refractivity contribution in [2.75, 3.05) is 0 Å². The molecule has 4 aromatic rings. The molecule has 0 aliphatic rings. The van der Waals surface area contributed by atoms with Gasteiger partial charge in [-0.25, -0.2) is 9.37 Å². The Kier molecular flexibility index (Phi) is 4.80. The van der Waals surface area contributed by atoms with Crippen molar-refractivity contribution in [1.29, 1.82) is 0 Å². The summed E-state index contributed by atoms with van der Waals surface area (Å²) >= 11 is 0. The van der Waals surface area contributed by atoms with Gasteiger partial charge in [-0.2, -0.15) is 5.10 Å². The highest BCUT2D eigenvalue weighted by molar-refractivity contribution is 5.97. The fraction of sp³-hybridized carbons (Fsp3) is 0.217. The van der Waals surface area contributed by atoms with Crippen molar-refractivity contribution < 1.29 is 9.50 Å². The number of hydrogen-bond donors (Lipinski definition) is 1. The predicted molar refractivity (Wildman–Crippen MR) is 113 cm³/mol. The summed E-state index contributed by atoms with van der Waals surface area (Å²) in [5, 5.41) is 15.8. The molecule has 0 aliphatic heterocycles. The third-order valence-corrected chi connectivity index (χ3v) is 5.17. The Balaban J connectivity index is 1.91. The normalized spacial score (nSPS) is 12.4. The van der Waals surface area contributed by atoms with E-state index in [1.807, 2.05) is 25.4 Å². The summed E-state index contributed by atoms with van der Waals surface area (Å²) in [6, 6.07) is 8.34. The van der Waals surface area contributed by atoms with Crippen LogP contribution in [0.5, 0.6) is 0 Å². The number of aromatic nitrogens is 4. The van der Waals surface area contributed by atoms with Crippen LogP contribution in [0.25, 0.3) is 27.9 Å². The summed E-state index contributed by atoms with van der Waals surface area (Å²) in [5.41, 5.74) is 5.37. The third-order valence-electron chi connectivity index (χ3n) is 5.17. The lowest BCUT2D eigenvalue weighted by Crippen LogP contribution is -1.99. The minimum absolute atomic E-state index is 0.391. The van der Waals surface area contributed by atoms with Gasteiger partial charge in [-0.15, -0.1) is 0 Å². The second-order valence-electron chi connectivity index (χ2n) is 7.15. The van der Waals surface area contributed by atoms with Gasteiger partial charge in [0.05, 0.1) is 6.10 Å². The molecule has 0 amide bonds. The largest absolute Gasteiger partial charge is 0.389 e. The van der Waals surface area contributed by atoms with E-state index in [4.69, 9.17) is 0 Å². The van der Waals surface area contributed by atoms with Crippen LogP contribution in [0.15, 0.2) is 55.5 Å². The Labute approximate surface area is 168 Å². The van der Waals surface area contributed by atoms with Gasteiger partial charge in [-0.3, -0.25) is 4.68 Å². The van der Waals surface area contributed by atoms with Gasteiger partial charge in [0.2, 0.25) is 0 Å². The maximum atomic E-state index is 13.8. The Morgan fingerprint density at radius 3 is 2.76 bits per heavy atom. The van der Waals surface area contributed by atoms with Gasteiger partial charge in [-0.1, -0.05) is 6.58 Å². The first-order chi connectivity index (χ1) is 13.9. The summed E-state index contributed by atoms with van der Waals surface area (Å²) in [6.45, 7) is 8.84. The predicted octanol–water partition coefficient (Wildman–Crippen LogP) is 4.71. The molecule has 6 heteroatoms. The number of aliphatic hydroxyl groups excluding tert-OH is 1. The molecule has 0 radical (unpaired) electrons. The molecular weight excluding hydrogens is 367 g/mol. The molecule has 0 fully saturated rings. The first-order valence-electron chi connectivity index (χ1n) is 9.55. The molecule has 3 aromatic heterocycles. The maximum Gasteiger partial charge on any atom is 0.140 e. The molecule has 0 spiro atoms. The van der Waals surface area contributed by atoms with Crippen LogP contribution in [0.2, 0.25) is 0 Å². The standard InChI is InChI=1S/C23H23FN4O/c1-5-28-13-20(18-7-6-10-25-23(18)28)14(2)21-12-27(4)26-22(21)17-9-8-16(24)11-19(17)15(3)29/h6-13,15,29H,2,5H2,1,3-4H3/t15-/m1/s1. The van der Waals surface area contributed by atoms with E-state index in [-0.39, 0.29) is 0 Å². The van der Waals surface area contributed by atoms with Crippen LogP contribution in [0, 0.1) is 5.82 Å². The molecular formula is C23H23FN4O. The Morgan fingerprint density at radius 2 is 2.03 bits per heavy atom. The monoisotopic (exact) mass is 390 g/mol. The molecule has 0 aliphatic carbocycles. The Hall–Kier alpha value is -3.25. The minimum Gasteiger partial charge on any atom is -0.389 e. The van der Waals surface area contributed by atoms with E-state index in [0.29, 0.717) is 16.8 Å². The van der Waals surface area contributed by atoms with Gasteiger partial charge in [0.15, 0.2) is 0 Å². The zero-order valence-electron chi connectivity index (χ0n) is 16.7. The molecule has 1 N–H and O–H groups in total. The van der Waals surface area contributed by atoms with Crippen molar-refractivity contribution in [3.63, 3.8) is 0 Å². The number of rotatable bonds is 5. The van der Waals surface area contributed by atoms with Crippen LogP contribution in [0.3, 0.4) is 0 Å². The molecule has 148 valence electrons. The van der Waals surface area contributed by atoms with Crippen LogP contribution in [-0.2, 0) is 13.6 Å². The van der Waals surface area contributed by atoms with Gasteiger partial charge in [0, 0.05) is 54.3 Å². The van der Waals surface area contributed by atoms with Crippen molar-refractivity contribution in [2.24, 2.45) is 7.05 Å². The van der Waals surface area contributed by atoms with E-state index < -0.39 is 11.9 Å². The van der Waals surface area contributed by atoms with E-state index in [0.717, 1.165) is 34.3 Å².